The number of nitrogens with two attached hydrogens (primary N) is 1. The topological polar surface area (TPSA) is 85.8 Å². The molecule has 0 aliphatic carbocycles. The summed E-state index contributed by atoms with van der Waals surface area (Å²) in [6.45, 7) is 12.9. The van der Waals surface area contributed by atoms with Gasteiger partial charge in [0.05, 0.1) is 5.75 Å². The number of hydrogen-bond donors (Lipinski definition) is 2. The Balaban J connectivity index is 1.95. The number of thioether (sulfide) groups is 1. The summed E-state index contributed by atoms with van der Waals surface area (Å²) in [5.41, 5.74) is 2.24. The van der Waals surface area contributed by atoms with Crippen LogP contribution in [0.15, 0.2) is 29.4 Å². The van der Waals surface area contributed by atoms with Crippen LogP contribution in [-0.4, -0.2) is 32.6 Å². The highest BCUT2D eigenvalue weighted by Gasteiger charge is 2.17. The van der Waals surface area contributed by atoms with E-state index in [9.17, 15) is 4.79 Å². The van der Waals surface area contributed by atoms with Crippen LogP contribution in [0, 0.1) is 5.92 Å². The zero-order valence-corrected chi connectivity index (χ0v) is 18.6. The Hall–Kier alpha value is -2.02. The first-order valence-electron chi connectivity index (χ1n) is 9.81. The molecule has 28 heavy (non-hydrogen) atoms. The van der Waals surface area contributed by atoms with Gasteiger partial charge in [-0.1, -0.05) is 70.6 Å². The minimum absolute atomic E-state index is 0.0136. The van der Waals surface area contributed by atoms with Crippen molar-refractivity contribution in [3.8, 4) is 11.4 Å². The van der Waals surface area contributed by atoms with Crippen LogP contribution >= 0.6 is 11.8 Å². The lowest BCUT2D eigenvalue weighted by Gasteiger charge is -2.19. The number of benzene rings is 1. The van der Waals surface area contributed by atoms with E-state index in [1.54, 1.807) is 0 Å². The van der Waals surface area contributed by atoms with E-state index in [2.05, 4.69) is 62.3 Å². The summed E-state index contributed by atoms with van der Waals surface area (Å²) in [6.07, 6.45) is 2.08. The van der Waals surface area contributed by atoms with Gasteiger partial charge in [0.2, 0.25) is 11.1 Å². The average molecular weight is 404 g/mol. The van der Waals surface area contributed by atoms with Crippen LogP contribution in [0.3, 0.4) is 0 Å². The molecule has 0 saturated carbocycles. The number of carbonyl (C=O) groups is 1. The molecule has 1 aromatic carbocycles. The second kappa shape index (κ2) is 9.45. The van der Waals surface area contributed by atoms with Crippen LogP contribution in [0.2, 0.25) is 0 Å². The van der Waals surface area contributed by atoms with E-state index >= 15 is 0 Å². The summed E-state index contributed by atoms with van der Waals surface area (Å²) >= 11 is 1.30. The third kappa shape index (κ3) is 6.26. The predicted octanol–water partition coefficient (Wildman–Crippen LogP) is 3.99. The third-order valence-electron chi connectivity index (χ3n) is 4.59. The van der Waals surface area contributed by atoms with Gasteiger partial charge in [0.25, 0.3) is 0 Å². The van der Waals surface area contributed by atoms with Gasteiger partial charge in [0.15, 0.2) is 5.82 Å². The molecule has 0 radical (unpaired) electrons. The standard InChI is InChI=1S/C21H33N5OS/c1-14(2)7-8-15(3)23-18(27)13-28-20-25-24-19(26(20)22)16-9-11-17(12-10-16)21(4,5)6/h9-12,14-15H,7-8,13,22H2,1-6H3,(H,23,27)/t15-/m1/s1. The smallest absolute Gasteiger partial charge is 0.230 e. The third-order valence-corrected chi connectivity index (χ3v) is 5.53. The number of hydrogen-bond acceptors (Lipinski definition) is 5. The van der Waals surface area contributed by atoms with Crippen molar-refractivity contribution in [1.29, 1.82) is 0 Å². The van der Waals surface area contributed by atoms with Gasteiger partial charge in [-0.05, 0) is 36.7 Å². The van der Waals surface area contributed by atoms with Gasteiger partial charge in [-0.2, -0.15) is 0 Å². The number of nitrogens with one attached hydrogen (secondary N) is 1. The number of aromatic nitrogens is 3. The quantitative estimate of drug-likeness (QED) is 0.514. The molecule has 0 spiro atoms. The van der Waals surface area contributed by atoms with Crippen LogP contribution in [0.1, 0.15) is 59.9 Å². The van der Waals surface area contributed by atoms with Crippen LogP contribution in [0.4, 0.5) is 0 Å². The highest BCUT2D eigenvalue weighted by Crippen LogP contribution is 2.26. The minimum Gasteiger partial charge on any atom is -0.353 e. The lowest BCUT2D eigenvalue weighted by atomic mass is 9.87. The van der Waals surface area contributed by atoms with Crippen molar-refractivity contribution in [2.45, 2.75) is 71.0 Å². The number of nitrogens with zero attached hydrogens (tertiary/aromatic N) is 3. The van der Waals surface area contributed by atoms with Crippen LogP contribution in [0.5, 0.6) is 0 Å². The first kappa shape index (κ1) is 22.3. The molecule has 0 aliphatic heterocycles. The zero-order chi connectivity index (χ0) is 20.9. The van der Waals surface area contributed by atoms with Crippen LogP contribution < -0.4 is 11.2 Å². The predicted molar refractivity (Wildman–Crippen MR) is 117 cm³/mol. The maximum Gasteiger partial charge on any atom is 0.230 e. The SMILES string of the molecule is CC(C)CC[C@@H](C)NC(=O)CSc1nnc(-c2ccc(C(C)(C)C)cc2)n1N. The van der Waals surface area contributed by atoms with E-state index in [-0.39, 0.29) is 23.1 Å². The number of carbonyl (C=O) groups excluding carboxylic acids is 1. The van der Waals surface area contributed by atoms with E-state index in [1.807, 2.05) is 19.1 Å². The van der Waals surface area contributed by atoms with E-state index in [0.717, 1.165) is 18.4 Å². The largest absolute Gasteiger partial charge is 0.353 e. The summed E-state index contributed by atoms with van der Waals surface area (Å²) in [6, 6.07) is 8.35. The molecule has 1 amide bonds. The molecule has 2 aromatic rings. The lowest BCUT2D eigenvalue weighted by Crippen LogP contribution is -2.34. The fourth-order valence-corrected chi connectivity index (χ4v) is 3.46. The Bertz CT molecular complexity index is 777. The van der Waals surface area contributed by atoms with E-state index in [1.165, 1.54) is 22.0 Å². The van der Waals surface area contributed by atoms with Gasteiger partial charge in [-0.15, -0.1) is 10.2 Å². The van der Waals surface area contributed by atoms with Crippen molar-refractivity contribution in [2.24, 2.45) is 5.92 Å². The lowest BCUT2D eigenvalue weighted by molar-refractivity contribution is -0.119. The molecule has 2 rings (SSSR count). The summed E-state index contributed by atoms with van der Waals surface area (Å²) in [7, 11) is 0. The molecule has 1 heterocycles. The van der Waals surface area contributed by atoms with Crippen molar-refractivity contribution < 1.29 is 4.79 Å². The maximum absolute atomic E-state index is 12.2. The minimum atomic E-state index is -0.0136. The first-order chi connectivity index (χ1) is 13.1. The normalized spacial score (nSPS) is 13.0. The average Bonchev–Trinajstić information content (AvgIpc) is 2.98. The van der Waals surface area contributed by atoms with Crippen molar-refractivity contribution in [2.75, 3.05) is 11.6 Å². The molecule has 0 fully saturated rings. The summed E-state index contributed by atoms with van der Waals surface area (Å²) in [5.74, 6) is 7.65. The van der Waals surface area contributed by atoms with E-state index in [4.69, 9.17) is 5.84 Å². The number of amides is 1. The molecule has 154 valence electrons. The van der Waals surface area contributed by atoms with Gasteiger partial charge in [-0.3, -0.25) is 4.79 Å². The molecule has 0 unspecified atom stereocenters. The van der Waals surface area contributed by atoms with E-state index in [0.29, 0.717) is 16.9 Å². The highest BCUT2D eigenvalue weighted by molar-refractivity contribution is 7.99. The molecule has 3 N–H and O–H groups in total. The Morgan fingerprint density at radius 1 is 1.14 bits per heavy atom. The molecule has 1 aromatic heterocycles. The molecule has 0 bridgehead atoms. The van der Waals surface area contributed by atoms with Gasteiger partial charge in [0.1, 0.15) is 0 Å². The van der Waals surface area contributed by atoms with Crippen molar-refractivity contribution in [1.82, 2.24) is 20.2 Å². The molecular formula is C21H33N5OS. The molecule has 1 atom stereocenters. The van der Waals surface area contributed by atoms with Gasteiger partial charge < -0.3 is 11.2 Å². The molecular weight excluding hydrogens is 370 g/mol. The zero-order valence-electron chi connectivity index (χ0n) is 17.8. The molecule has 0 aliphatic rings. The van der Waals surface area contributed by atoms with Crippen molar-refractivity contribution >= 4 is 17.7 Å². The Morgan fingerprint density at radius 3 is 2.36 bits per heavy atom. The summed E-state index contributed by atoms with van der Waals surface area (Å²) in [5, 5.41) is 11.9. The Kier molecular flexibility index (Phi) is 7.52. The van der Waals surface area contributed by atoms with E-state index < -0.39 is 0 Å². The van der Waals surface area contributed by atoms with Crippen molar-refractivity contribution in [3.05, 3.63) is 29.8 Å². The Labute approximate surface area is 172 Å². The number of nitrogen functional groups attached to an aromatic ring is 1. The van der Waals surface area contributed by atoms with Crippen LogP contribution in [0.25, 0.3) is 11.4 Å². The summed E-state index contributed by atoms with van der Waals surface area (Å²) < 4.78 is 1.45. The number of rotatable bonds is 8. The fraction of sp³-hybridized carbons (Fsp3) is 0.571. The molecule has 0 saturated heterocycles. The Morgan fingerprint density at radius 2 is 1.79 bits per heavy atom. The fourth-order valence-electron chi connectivity index (χ4n) is 2.79. The van der Waals surface area contributed by atoms with Gasteiger partial charge in [0, 0.05) is 11.6 Å². The summed E-state index contributed by atoms with van der Waals surface area (Å²) in [4.78, 5) is 12.2. The van der Waals surface area contributed by atoms with Crippen LogP contribution in [-0.2, 0) is 10.2 Å². The molecule has 6 nitrogen and oxygen atoms in total. The monoisotopic (exact) mass is 403 g/mol. The second-order valence-corrected chi connectivity index (χ2v) is 9.67. The second-order valence-electron chi connectivity index (χ2n) is 8.73. The molecule has 7 heteroatoms. The maximum atomic E-state index is 12.2. The highest BCUT2D eigenvalue weighted by atomic mass is 32.2. The first-order valence-corrected chi connectivity index (χ1v) is 10.8. The van der Waals surface area contributed by atoms with Gasteiger partial charge >= 0.3 is 0 Å². The van der Waals surface area contributed by atoms with Crippen molar-refractivity contribution in [3.63, 3.8) is 0 Å². The van der Waals surface area contributed by atoms with Gasteiger partial charge in [-0.25, -0.2) is 4.68 Å².